The van der Waals surface area contributed by atoms with Crippen LogP contribution in [0.1, 0.15) is 19.8 Å². The lowest BCUT2D eigenvalue weighted by Gasteiger charge is -2.08. The van der Waals surface area contributed by atoms with Crippen LogP contribution in [0.4, 0.5) is 4.79 Å². The van der Waals surface area contributed by atoms with E-state index in [-0.39, 0.29) is 0 Å². The van der Waals surface area contributed by atoms with Gasteiger partial charge in [0.25, 0.3) is 0 Å². The zero-order chi connectivity index (χ0) is 15.4. The van der Waals surface area contributed by atoms with Gasteiger partial charge in [-0.1, -0.05) is 55.8 Å². The van der Waals surface area contributed by atoms with Gasteiger partial charge in [0.1, 0.15) is 5.75 Å². The van der Waals surface area contributed by atoms with Gasteiger partial charge < -0.3 is 9.47 Å². The molecule has 0 aliphatic rings. The van der Waals surface area contributed by atoms with Crippen LogP contribution in [0.5, 0.6) is 5.75 Å². The lowest BCUT2D eigenvalue weighted by atomic mass is 10.0. The van der Waals surface area contributed by atoms with Gasteiger partial charge in [-0.15, -0.1) is 0 Å². The van der Waals surface area contributed by atoms with Crippen LogP contribution in [0.15, 0.2) is 54.6 Å². The Balaban J connectivity index is 1.88. The fourth-order valence-corrected chi connectivity index (χ4v) is 2.47. The van der Waals surface area contributed by atoms with Crippen LogP contribution in [-0.2, 0) is 4.74 Å². The maximum absolute atomic E-state index is 11.6. The van der Waals surface area contributed by atoms with Gasteiger partial charge in [-0.3, -0.25) is 0 Å². The Labute approximate surface area is 129 Å². The largest absolute Gasteiger partial charge is 0.513 e. The van der Waals surface area contributed by atoms with Crippen LogP contribution >= 0.6 is 0 Å². The highest BCUT2D eigenvalue weighted by atomic mass is 16.7. The van der Waals surface area contributed by atoms with Crippen LogP contribution in [0.2, 0.25) is 0 Å². The number of carbonyl (C=O) groups excluding carboxylic acids is 1. The maximum Gasteiger partial charge on any atom is 0.513 e. The molecule has 0 N–H and O–H groups in total. The lowest BCUT2D eigenvalue weighted by Crippen LogP contribution is -2.11. The summed E-state index contributed by atoms with van der Waals surface area (Å²) in [6.07, 6.45) is 1.18. The molecule has 0 bridgehead atoms. The second kappa shape index (κ2) is 6.48. The van der Waals surface area contributed by atoms with Crippen LogP contribution in [0, 0.1) is 0 Å². The van der Waals surface area contributed by atoms with E-state index >= 15 is 0 Å². The van der Waals surface area contributed by atoms with Crippen molar-refractivity contribution in [1.82, 2.24) is 0 Å². The normalized spacial score (nSPS) is 10.8. The van der Waals surface area contributed by atoms with Crippen molar-refractivity contribution in [1.29, 1.82) is 0 Å². The predicted molar refractivity (Wildman–Crippen MR) is 88.3 cm³/mol. The summed E-state index contributed by atoms with van der Waals surface area (Å²) in [5.74, 6) is 0.505. The summed E-state index contributed by atoms with van der Waals surface area (Å²) in [7, 11) is 0. The van der Waals surface area contributed by atoms with Gasteiger partial charge in [-0.2, -0.15) is 0 Å². The van der Waals surface area contributed by atoms with Crippen molar-refractivity contribution in [3.63, 3.8) is 0 Å². The molecule has 0 unspecified atom stereocenters. The summed E-state index contributed by atoms with van der Waals surface area (Å²) in [5, 5.41) is 4.49. The topological polar surface area (TPSA) is 35.5 Å². The summed E-state index contributed by atoms with van der Waals surface area (Å²) in [4.78, 5) is 11.6. The van der Waals surface area contributed by atoms with Crippen molar-refractivity contribution in [3.8, 4) is 5.75 Å². The summed E-state index contributed by atoms with van der Waals surface area (Å²) >= 11 is 0. The van der Waals surface area contributed by atoms with Gasteiger partial charge in [0.2, 0.25) is 0 Å². The third-order valence-corrected chi connectivity index (χ3v) is 3.64. The summed E-state index contributed by atoms with van der Waals surface area (Å²) in [5.41, 5.74) is 0. The van der Waals surface area contributed by atoms with Crippen LogP contribution < -0.4 is 4.74 Å². The number of benzene rings is 3. The Morgan fingerprint density at radius 2 is 1.68 bits per heavy atom. The molecule has 3 rings (SSSR count). The predicted octanol–water partition coefficient (Wildman–Crippen LogP) is 5.31. The van der Waals surface area contributed by atoms with Crippen LogP contribution in [0.3, 0.4) is 0 Å². The second-order valence-corrected chi connectivity index (χ2v) is 5.22. The monoisotopic (exact) mass is 294 g/mol. The van der Waals surface area contributed by atoms with E-state index in [0.29, 0.717) is 12.4 Å². The van der Waals surface area contributed by atoms with E-state index in [0.717, 1.165) is 34.4 Å². The number of fused-ring (bicyclic) bond motifs is 3. The van der Waals surface area contributed by atoms with E-state index in [2.05, 4.69) is 24.3 Å². The molecule has 3 heteroatoms. The van der Waals surface area contributed by atoms with Gasteiger partial charge in [0.05, 0.1) is 6.61 Å². The molecule has 3 aromatic carbocycles. The Bertz CT molecular complexity index is 808. The van der Waals surface area contributed by atoms with Gasteiger partial charge in [-0.25, -0.2) is 4.79 Å². The zero-order valence-electron chi connectivity index (χ0n) is 12.5. The molecule has 0 saturated carbocycles. The molecule has 3 aromatic rings. The van der Waals surface area contributed by atoms with Gasteiger partial charge >= 0.3 is 6.16 Å². The number of hydrogen-bond donors (Lipinski definition) is 0. The Morgan fingerprint density at radius 1 is 0.955 bits per heavy atom. The molecule has 0 aromatic heterocycles. The van der Waals surface area contributed by atoms with Crippen molar-refractivity contribution in [2.24, 2.45) is 0 Å². The minimum Gasteiger partial charge on any atom is -0.434 e. The SMILES string of the molecule is CCCCOC(=O)Oc1ccc2ccc3ccccc3c2c1. The summed E-state index contributed by atoms with van der Waals surface area (Å²) in [6, 6.07) is 18.0. The van der Waals surface area contributed by atoms with E-state index in [9.17, 15) is 4.79 Å². The molecule has 3 nitrogen and oxygen atoms in total. The molecular weight excluding hydrogens is 276 g/mol. The van der Waals surface area contributed by atoms with E-state index in [1.807, 2.05) is 31.2 Å². The Hall–Kier alpha value is -2.55. The number of unbranched alkanes of at least 4 members (excludes halogenated alkanes) is 1. The molecule has 0 heterocycles. The molecule has 0 fully saturated rings. The van der Waals surface area contributed by atoms with Crippen molar-refractivity contribution in [2.45, 2.75) is 19.8 Å². The van der Waals surface area contributed by atoms with E-state index in [1.54, 1.807) is 6.07 Å². The highest BCUT2D eigenvalue weighted by molar-refractivity contribution is 6.07. The second-order valence-electron chi connectivity index (χ2n) is 5.22. The zero-order valence-corrected chi connectivity index (χ0v) is 12.5. The highest BCUT2D eigenvalue weighted by Crippen LogP contribution is 2.28. The third-order valence-electron chi connectivity index (χ3n) is 3.64. The highest BCUT2D eigenvalue weighted by Gasteiger charge is 2.07. The van der Waals surface area contributed by atoms with E-state index in [1.165, 1.54) is 0 Å². The van der Waals surface area contributed by atoms with Gasteiger partial charge in [0, 0.05) is 0 Å². The molecule has 0 aliphatic heterocycles. The fraction of sp³-hybridized carbons (Fsp3) is 0.211. The van der Waals surface area contributed by atoms with Gasteiger partial charge in [-0.05, 0) is 40.1 Å². The Kier molecular flexibility index (Phi) is 4.24. The average Bonchev–Trinajstić information content (AvgIpc) is 2.55. The van der Waals surface area contributed by atoms with Gasteiger partial charge in [0.15, 0.2) is 0 Å². The van der Waals surface area contributed by atoms with Crippen molar-refractivity contribution >= 4 is 27.7 Å². The summed E-state index contributed by atoms with van der Waals surface area (Å²) < 4.78 is 10.3. The number of hydrogen-bond acceptors (Lipinski definition) is 3. The fourth-order valence-electron chi connectivity index (χ4n) is 2.47. The quantitative estimate of drug-likeness (QED) is 0.283. The molecule has 22 heavy (non-hydrogen) atoms. The first kappa shape index (κ1) is 14.4. The molecule has 0 amide bonds. The van der Waals surface area contributed by atoms with Crippen molar-refractivity contribution < 1.29 is 14.3 Å². The number of rotatable bonds is 4. The smallest absolute Gasteiger partial charge is 0.434 e. The number of ether oxygens (including phenoxy) is 2. The molecule has 0 atom stereocenters. The van der Waals surface area contributed by atoms with Crippen molar-refractivity contribution in [2.75, 3.05) is 6.61 Å². The first-order valence-electron chi connectivity index (χ1n) is 7.54. The lowest BCUT2D eigenvalue weighted by molar-refractivity contribution is 0.0979. The molecule has 112 valence electrons. The minimum absolute atomic E-state index is 0.395. The van der Waals surface area contributed by atoms with Crippen LogP contribution in [0.25, 0.3) is 21.5 Å². The van der Waals surface area contributed by atoms with Crippen LogP contribution in [-0.4, -0.2) is 12.8 Å². The molecule has 0 saturated heterocycles. The molecular formula is C19H18O3. The molecule has 0 radical (unpaired) electrons. The Morgan fingerprint density at radius 3 is 2.50 bits per heavy atom. The first-order chi connectivity index (χ1) is 10.8. The van der Waals surface area contributed by atoms with E-state index < -0.39 is 6.16 Å². The minimum atomic E-state index is -0.645. The first-order valence-corrected chi connectivity index (χ1v) is 7.54. The summed E-state index contributed by atoms with van der Waals surface area (Å²) in [6.45, 7) is 2.44. The van der Waals surface area contributed by atoms with Crippen molar-refractivity contribution in [3.05, 3.63) is 54.6 Å². The maximum atomic E-state index is 11.6. The third kappa shape index (κ3) is 3.03. The molecule has 0 spiro atoms. The number of carbonyl (C=O) groups is 1. The average molecular weight is 294 g/mol. The standard InChI is InChI=1S/C19H18O3/c1-2-3-12-21-19(20)22-16-11-10-15-9-8-14-6-4-5-7-17(14)18(15)13-16/h4-11,13H,2-3,12H2,1H3. The molecule has 0 aliphatic carbocycles. The van der Waals surface area contributed by atoms with E-state index in [4.69, 9.17) is 9.47 Å².